The maximum absolute atomic E-state index is 12.9. The quantitative estimate of drug-likeness (QED) is 0.827. The Morgan fingerprint density at radius 3 is 2.68 bits per heavy atom. The summed E-state index contributed by atoms with van der Waals surface area (Å²) in [4.78, 5) is 2.49. The molecule has 0 aliphatic carbocycles. The minimum absolute atomic E-state index is 0.0187. The van der Waals surface area contributed by atoms with E-state index in [1.165, 1.54) is 5.56 Å². The van der Waals surface area contributed by atoms with E-state index in [1.807, 2.05) is 31.3 Å². The Labute approximate surface area is 168 Å². The molecule has 0 aromatic heterocycles. The maximum Gasteiger partial charge on any atom is 0.240 e. The monoisotopic (exact) mass is 399 g/mol. The molecule has 2 aliphatic rings. The van der Waals surface area contributed by atoms with Crippen LogP contribution in [0.25, 0.3) is 0 Å². The molecule has 28 heavy (non-hydrogen) atoms. The lowest BCUT2D eigenvalue weighted by Crippen LogP contribution is -2.37. The van der Waals surface area contributed by atoms with Crippen LogP contribution in [0.4, 0.5) is 5.69 Å². The molecule has 0 radical (unpaired) electrons. The molecule has 2 aromatic carbocycles. The fraction of sp³-hybridized carbons (Fsp3) is 0.455. The highest BCUT2D eigenvalue weighted by Crippen LogP contribution is 2.44. The summed E-state index contributed by atoms with van der Waals surface area (Å²) in [6.07, 6.45) is 1.80. The lowest BCUT2D eigenvalue weighted by molar-refractivity contribution is 0.295. The number of anilines is 1. The first-order valence-corrected chi connectivity index (χ1v) is 11.4. The van der Waals surface area contributed by atoms with Crippen LogP contribution in [0.1, 0.15) is 37.4 Å². The van der Waals surface area contributed by atoms with Crippen LogP contribution in [0.3, 0.4) is 0 Å². The lowest BCUT2D eigenvalue weighted by atomic mass is 9.73. The Balaban J connectivity index is 1.62. The molecular weight excluding hydrogens is 370 g/mol. The molecule has 2 unspecified atom stereocenters. The first-order chi connectivity index (χ1) is 13.2. The van der Waals surface area contributed by atoms with Gasteiger partial charge in [-0.3, -0.25) is 0 Å². The van der Waals surface area contributed by atoms with Crippen molar-refractivity contribution in [2.75, 3.05) is 25.5 Å². The van der Waals surface area contributed by atoms with E-state index < -0.39 is 10.0 Å². The molecule has 1 saturated heterocycles. The summed E-state index contributed by atoms with van der Waals surface area (Å²) in [6, 6.07) is 15.8. The summed E-state index contributed by atoms with van der Waals surface area (Å²) in [7, 11) is -1.51. The minimum Gasteiger partial charge on any atom is -0.377 e. The highest BCUT2D eigenvalue weighted by atomic mass is 32.2. The predicted molar refractivity (Wildman–Crippen MR) is 113 cm³/mol. The summed E-state index contributed by atoms with van der Waals surface area (Å²) in [5.41, 5.74) is 3.41. The molecular formula is C22H29N3O2S. The Morgan fingerprint density at radius 1 is 1.14 bits per heavy atom. The van der Waals surface area contributed by atoms with E-state index >= 15 is 0 Å². The first-order valence-electron chi connectivity index (χ1n) is 9.90. The van der Waals surface area contributed by atoms with Gasteiger partial charge < -0.3 is 10.2 Å². The van der Waals surface area contributed by atoms with Crippen molar-refractivity contribution in [1.82, 2.24) is 9.62 Å². The Kier molecular flexibility index (Phi) is 4.98. The number of benzene rings is 2. The van der Waals surface area contributed by atoms with Gasteiger partial charge in [-0.2, -0.15) is 0 Å². The Hall–Kier alpha value is -1.89. The normalized spacial score (nSPS) is 24.5. The largest absolute Gasteiger partial charge is 0.377 e. The molecule has 2 atom stereocenters. The van der Waals surface area contributed by atoms with Crippen LogP contribution in [0.2, 0.25) is 0 Å². The van der Waals surface area contributed by atoms with E-state index in [0.29, 0.717) is 4.90 Å². The van der Waals surface area contributed by atoms with Gasteiger partial charge in [-0.05, 0) is 61.2 Å². The molecule has 2 heterocycles. The minimum atomic E-state index is -3.53. The number of rotatable bonds is 4. The zero-order valence-electron chi connectivity index (χ0n) is 16.8. The molecule has 2 N–H and O–H groups in total. The molecule has 0 amide bonds. The topological polar surface area (TPSA) is 61.4 Å². The van der Waals surface area contributed by atoms with Gasteiger partial charge >= 0.3 is 0 Å². The zero-order valence-corrected chi connectivity index (χ0v) is 17.6. The Morgan fingerprint density at radius 2 is 1.93 bits per heavy atom. The van der Waals surface area contributed by atoms with Crippen molar-refractivity contribution in [3.05, 3.63) is 59.7 Å². The second-order valence-corrected chi connectivity index (χ2v) is 10.6. The molecule has 1 fully saturated rings. The number of nitrogens with one attached hydrogen (secondary N) is 2. The number of nitrogens with zero attached hydrogens (tertiary/aromatic N) is 1. The van der Waals surface area contributed by atoms with Crippen molar-refractivity contribution >= 4 is 15.7 Å². The van der Waals surface area contributed by atoms with Gasteiger partial charge in [0, 0.05) is 18.3 Å². The predicted octanol–water partition coefficient (Wildman–Crippen LogP) is 3.40. The van der Waals surface area contributed by atoms with Crippen molar-refractivity contribution in [1.29, 1.82) is 0 Å². The molecule has 0 bridgehead atoms. The van der Waals surface area contributed by atoms with Crippen LogP contribution >= 0.6 is 0 Å². The van der Waals surface area contributed by atoms with Gasteiger partial charge in [0.15, 0.2) is 0 Å². The van der Waals surface area contributed by atoms with Gasteiger partial charge in [-0.25, -0.2) is 13.1 Å². The lowest BCUT2D eigenvalue weighted by Gasteiger charge is -2.41. The van der Waals surface area contributed by atoms with Crippen LogP contribution in [-0.2, 0) is 16.4 Å². The van der Waals surface area contributed by atoms with Gasteiger partial charge in [-0.1, -0.05) is 44.2 Å². The number of hydrogen-bond donors (Lipinski definition) is 2. The number of para-hydroxylation sites is 1. The molecule has 2 aromatic rings. The molecule has 150 valence electrons. The summed E-state index contributed by atoms with van der Waals surface area (Å²) in [5.74, 6) is 0. The summed E-state index contributed by atoms with van der Waals surface area (Å²) < 4.78 is 28.8. The first kappa shape index (κ1) is 19.4. The highest BCUT2D eigenvalue weighted by Gasteiger charge is 2.36. The number of sulfonamides is 1. The molecule has 0 spiro atoms. The van der Waals surface area contributed by atoms with Crippen LogP contribution < -0.4 is 10.0 Å². The van der Waals surface area contributed by atoms with E-state index in [-0.39, 0.29) is 17.5 Å². The van der Waals surface area contributed by atoms with E-state index in [2.05, 4.69) is 47.0 Å². The third kappa shape index (κ3) is 3.81. The van der Waals surface area contributed by atoms with Crippen molar-refractivity contribution in [3.8, 4) is 0 Å². The number of likely N-dealkylation sites (tertiary alicyclic amines) is 1. The van der Waals surface area contributed by atoms with Gasteiger partial charge in [0.25, 0.3) is 0 Å². The molecule has 4 rings (SSSR count). The van der Waals surface area contributed by atoms with Crippen molar-refractivity contribution in [2.24, 2.45) is 5.41 Å². The van der Waals surface area contributed by atoms with Gasteiger partial charge in [0.1, 0.15) is 0 Å². The molecule has 0 saturated carbocycles. The van der Waals surface area contributed by atoms with Gasteiger partial charge in [0.2, 0.25) is 10.0 Å². The molecule has 2 aliphatic heterocycles. The van der Waals surface area contributed by atoms with Gasteiger partial charge in [0.05, 0.1) is 10.9 Å². The summed E-state index contributed by atoms with van der Waals surface area (Å²) in [5, 5.41) is 3.64. The van der Waals surface area contributed by atoms with E-state index in [4.69, 9.17) is 0 Å². The average molecular weight is 400 g/mol. The summed E-state index contributed by atoms with van der Waals surface area (Å²) >= 11 is 0. The standard InChI is InChI=1S/C22H29N3O2S/c1-22(2)14-17-7-4-5-10-20(17)23-21(22)16-8-6-9-19(13-16)28(26,27)24-18-11-12-25(3)15-18/h4-10,13,18,21,23-24H,11-12,14-15H2,1-3H3. The van der Waals surface area contributed by atoms with Crippen LogP contribution in [0.5, 0.6) is 0 Å². The highest BCUT2D eigenvalue weighted by molar-refractivity contribution is 7.89. The van der Waals surface area contributed by atoms with Crippen molar-refractivity contribution in [2.45, 2.75) is 43.7 Å². The van der Waals surface area contributed by atoms with Gasteiger partial charge in [-0.15, -0.1) is 0 Å². The van der Waals surface area contributed by atoms with E-state index in [0.717, 1.165) is 37.2 Å². The number of hydrogen-bond acceptors (Lipinski definition) is 4. The molecule has 6 heteroatoms. The third-order valence-electron chi connectivity index (χ3n) is 5.96. The molecule has 5 nitrogen and oxygen atoms in total. The smallest absolute Gasteiger partial charge is 0.240 e. The second kappa shape index (κ2) is 7.17. The van der Waals surface area contributed by atoms with Crippen molar-refractivity contribution < 1.29 is 8.42 Å². The average Bonchev–Trinajstić information content (AvgIpc) is 3.04. The third-order valence-corrected chi connectivity index (χ3v) is 7.48. The van der Waals surface area contributed by atoms with E-state index in [1.54, 1.807) is 6.07 Å². The Bertz CT molecular complexity index is 971. The fourth-order valence-corrected chi connectivity index (χ4v) is 5.79. The summed E-state index contributed by atoms with van der Waals surface area (Å²) in [6.45, 7) is 6.14. The maximum atomic E-state index is 12.9. The fourth-order valence-electron chi connectivity index (χ4n) is 4.47. The zero-order chi connectivity index (χ0) is 19.9. The van der Waals surface area contributed by atoms with Crippen LogP contribution in [0.15, 0.2) is 53.4 Å². The van der Waals surface area contributed by atoms with E-state index in [9.17, 15) is 8.42 Å². The number of fused-ring (bicyclic) bond motifs is 1. The SMILES string of the molecule is CN1CCC(NS(=O)(=O)c2cccc(C3Nc4ccccc4CC3(C)C)c2)C1. The van der Waals surface area contributed by atoms with Crippen molar-refractivity contribution in [3.63, 3.8) is 0 Å². The van der Waals surface area contributed by atoms with Crippen LogP contribution in [0, 0.1) is 5.41 Å². The number of likely N-dealkylation sites (N-methyl/N-ethyl adjacent to an activating group) is 1. The second-order valence-electron chi connectivity index (χ2n) is 8.84. The van der Waals surface area contributed by atoms with Crippen LogP contribution in [-0.4, -0.2) is 39.5 Å².